The summed E-state index contributed by atoms with van der Waals surface area (Å²) in [6.45, 7) is 6.00. The van der Waals surface area contributed by atoms with Gasteiger partial charge in [-0.15, -0.1) is 0 Å². The Labute approximate surface area is 119 Å². The Morgan fingerprint density at radius 3 is 2.74 bits per heavy atom. The number of benzene rings is 1. The molecule has 19 heavy (non-hydrogen) atoms. The van der Waals surface area contributed by atoms with Crippen molar-refractivity contribution in [1.29, 1.82) is 0 Å². The molecule has 1 aromatic carbocycles. The minimum atomic E-state index is -0.192. The fourth-order valence-corrected chi connectivity index (χ4v) is 2.88. The normalized spacial score (nSPS) is 17.1. The summed E-state index contributed by atoms with van der Waals surface area (Å²) in [7, 11) is 0. The number of halogens is 2. The maximum absolute atomic E-state index is 13.9. The molecule has 1 aliphatic heterocycles. The van der Waals surface area contributed by atoms with Crippen molar-refractivity contribution in [3.8, 4) is 0 Å². The lowest BCUT2D eigenvalue weighted by atomic mass is 10.0. The molecule has 106 valence electrons. The highest BCUT2D eigenvalue weighted by Gasteiger charge is 2.21. The molecule has 0 radical (unpaired) electrons. The highest BCUT2D eigenvalue weighted by Crippen LogP contribution is 2.20. The molecule has 1 N–H and O–H groups in total. The number of rotatable bonds is 5. The fraction of sp³-hybridized carbons (Fsp3) is 0.600. The van der Waals surface area contributed by atoms with E-state index in [-0.39, 0.29) is 5.82 Å². The van der Waals surface area contributed by atoms with E-state index in [9.17, 15) is 4.39 Å². The average molecular weight is 285 g/mol. The molecule has 1 heterocycles. The van der Waals surface area contributed by atoms with E-state index >= 15 is 0 Å². The van der Waals surface area contributed by atoms with Crippen LogP contribution in [0.2, 0.25) is 5.02 Å². The Morgan fingerprint density at radius 2 is 2.11 bits per heavy atom. The molecule has 1 fully saturated rings. The zero-order valence-electron chi connectivity index (χ0n) is 11.5. The van der Waals surface area contributed by atoms with Gasteiger partial charge in [-0.25, -0.2) is 4.39 Å². The van der Waals surface area contributed by atoms with E-state index in [0.717, 1.165) is 44.5 Å². The van der Waals surface area contributed by atoms with Crippen LogP contribution in [0.5, 0.6) is 0 Å². The maximum atomic E-state index is 13.9. The number of nitrogens with one attached hydrogen (secondary N) is 1. The summed E-state index contributed by atoms with van der Waals surface area (Å²) < 4.78 is 13.9. The second-order valence-electron chi connectivity index (χ2n) is 5.19. The molecule has 2 rings (SSSR count). The van der Waals surface area contributed by atoms with E-state index in [0.29, 0.717) is 17.6 Å². The topological polar surface area (TPSA) is 15.3 Å². The van der Waals surface area contributed by atoms with Crippen molar-refractivity contribution >= 4 is 11.6 Å². The minimum absolute atomic E-state index is 0.192. The number of hydrogen-bond acceptors (Lipinski definition) is 2. The standard InChI is InChI=1S/C15H22ClFN2/c1-2-9-19(14-5-7-18-8-6-14)11-12-3-4-13(16)10-15(12)17/h3-4,10,14,18H,2,5-9,11H2,1H3. The second kappa shape index (κ2) is 7.22. The van der Waals surface area contributed by atoms with Crippen LogP contribution in [-0.4, -0.2) is 30.6 Å². The van der Waals surface area contributed by atoms with Gasteiger partial charge in [0.15, 0.2) is 0 Å². The van der Waals surface area contributed by atoms with E-state index < -0.39 is 0 Å². The SMILES string of the molecule is CCCN(Cc1ccc(Cl)cc1F)C1CCNCC1. The Hall–Kier alpha value is -0.640. The highest BCUT2D eigenvalue weighted by atomic mass is 35.5. The van der Waals surface area contributed by atoms with Crippen molar-refractivity contribution in [3.63, 3.8) is 0 Å². The molecule has 0 saturated carbocycles. The van der Waals surface area contributed by atoms with Crippen LogP contribution in [-0.2, 0) is 6.54 Å². The molecule has 4 heteroatoms. The van der Waals surface area contributed by atoms with Gasteiger partial charge in [-0.1, -0.05) is 24.6 Å². The molecule has 0 aromatic heterocycles. The van der Waals surface area contributed by atoms with Crippen molar-refractivity contribution in [1.82, 2.24) is 10.2 Å². The van der Waals surface area contributed by atoms with Crippen LogP contribution in [0.1, 0.15) is 31.7 Å². The van der Waals surface area contributed by atoms with Gasteiger partial charge in [0.25, 0.3) is 0 Å². The first-order chi connectivity index (χ1) is 9.20. The molecule has 1 aromatic rings. The first-order valence-electron chi connectivity index (χ1n) is 7.09. The maximum Gasteiger partial charge on any atom is 0.129 e. The molecule has 0 bridgehead atoms. The largest absolute Gasteiger partial charge is 0.317 e. The summed E-state index contributed by atoms with van der Waals surface area (Å²) in [6, 6.07) is 5.55. The zero-order chi connectivity index (χ0) is 13.7. The van der Waals surface area contributed by atoms with E-state index in [1.54, 1.807) is 12.1 Å². The molecule has 0 unspecified atom stereocenters. The van der Waals surface area contributed by atoms with Gasteiger partial charge < -0.3 is 5.32 Å². The third kappa shape index (κ3) is 4.16. The molecular formula is C15H22ClFN2. The van der Waals surface area contributed by atoms with Gasteiger partial charge in [0.1, 0.15) is 5.82 Å². The lowest BCUT2D eigenvalue weighted by Gasteiger charge is -2.34. The molecule has 0 amide bonds. The average Bonchev–Trinajstić information content (AvgIpc) is 2.42. The summed E-state index contributed by atoms with van der Waals surface area (Å²) in [5.74, 6) is -0.192. The van der Waals surface area contributed by atoms with Crippen molar-refractivity contribution in [3.05, 3.63) is 34.6 Å². The van der Waals surface area contributed by atoms with Gasteiger partial charge in [0.2, 0.25) is 0 Å². The molecule has 1 saturated heterocycles. The van der Waals surface area contributed by atoms with Crippen LogP contribution in [0.4, 0.5) is 4.39 Å². The van der Waals surface area contributed by atoms with Crippen LogP contribution in [0, 0.1) is 5.82 Å². The van der Waals surface area contributed by atoms with E-state index in [4.69, 9.17) is 11.6 Å². The zero-order valence-corrected chi connectivity index (χ0v) is 12.2. The summed E-state index contributed by atoms with van der Waals surface area (Å²) in [6.07, 6.45) is 3.39. The fourth-order valence-electron chi connectivity index (χ4n) is 2.72. The quantitative estimate of drug-likeness (QED) is 0.891. The van der Waals surface area contributed by atoms with E-state index in [1.807, 2.05) is 0 Å². The molecule has 1 aliphatic rings. The summed E-state index contributed by atoms with van der Waals surface area (Å²) >= 11 is 5.80. The predicted octanol–water partition coefficient (Wildman–Crippen LogP) is 3.44. The molecule has 0 aliphatic carbocycles. The van der Waals surface area contributed by atoms with Crippen molar-refractivity contribution in [2.75, 3.05) is 19.6 Å². The minimum Gasteiger partial charge on any atom is -0.317 e. The monoisotopic (exact) mass is 284 g/mol. The van der Waals surface area contributed by atoms with Gasteiger partial charge in [-0.3, -0.25) is 4.90 Å². The van der Waals surface area contributed by atoms with Crippen LogP contribution in [0.3, 0.4) is 0 Å². The Bertz CT molecular complexity index is 405. The molecular weight excluding hydrogens is 263 g/mol. The van der Waals surface area contributed by atoms with E-state index in [1.165, 1.54) is 6.07 Å². The Kier molecular flexibility index (Phi) is 5.61. The lowest BCUT2D eigenvalue weighted by molar-refractivity contribution is 0.152. The van der Waals surface area contributed by atoms with Gasteiger partial charge in [-0.05, 0) is 51.0 Å². The van der Waals surface area contributed by atoms with Crippen LogP contribution < -0.4 is 5.32 Å². The van der Waals surface area contributed by atoms with Gasteiger partial charge >= 0.3 is 0 Å². The third-order valence-electron chi connectivity index (χ3n) is 3.72. The van der Waals surface area contributed by atoms with Gasteiger partial charge in [0.05, 0.1) is 0 Å². The predicted molar refractivity (Wildman–Crippen MR) is 78.0 cm³/mol. The third-order valence-corrected chi connectivity index (χ3v) is 3.96. The molecule has 0 spiro atoms. The molecule has 0 atom stereocenters. The van der Waals surface area contributed by atoms with Crippen LogP contribution in [0.25, 0.3) is 0 Å². The second-order valence-corrected chi connectivity index (χ2v) is 5.62. The van der Waals surface area contributed by atoms with Gasteiger partial charge in [-0.2, -0.15) is 0 Å². The molecule has 2 nitrogen and oxygen atoms in total. The number of piperidine rings is 1. The lowest BCUT2D eigenvalue weighted by Crippen LogP contribution is -2.43. The smallest absolute Gasteiger partial charge is 0.129 e. The summed E-state index contributed by atoms with van der Waals surface area (Å²) in [5, 5.41) is 3.84. The number of hydrogen-bond donors (Lipinski definition) is 1. The Balaban J connectivity index is 2.06. The Morgan fingerprint density at radius 1 is 1.37 bits per heavy atom. The highest BCUT2D eigenvalue weighted by molar-refractivity contribution is 6.30. The van der Waals surface area contributed by atoms with Crippen LogP contribution in [0.15, 0.2) is 18.2 Å². The van der Waals surface area contributed by atoms with Crippen molar-refractivity contribution < 1.29 is 4.39 Å². The first-order valence-corrected chi connectivity index (χ1v) is 7.47. The summed E-state index contributed by atoms with van der Waals surface area (Å²) in [5.41, 5.74) is 0.747. The first kappa shape index (κ1) is 14.8. The van der Waals surface area contributed by atoms with Gasteiger partial charge in [0, 0.05) is 23.2 Å². The summed E-state index contributed by atoms with van der Waals surface area (Å²) in [4.78, 5) is 2.41. The number of nitrogens with zero attached hydrogens (tertiary/aromatic N) is 1. The van der Waals surface area contributed by atoms with Crippen molar-refractivity contribution in [2.45, 2.75) is 38.8 Å². The van der Waals surface area contributed by atoms with Crippen LogP contribution >= 0.6 is 11.6 Å². The van der Waals surface area contributed by atoms with Crippen molar-refractivity contribution in [2.24, 2.45) is 0 Å². The van der Waals surface area contributed by atoms with E-state index in [2.05, 4.69) is 17.1 Å².